The Morgan fingerprint density at radius 3 is 2.57 bits per heavy atom. The summed E-state index contributed by atoms with van der Waals surface area (Å²) >= 11 is 0. The van der Waals surface area contributed by atoms with Gasteiger partial charge in [0.1, 0.15) is 0 Å². The maximum absolute atomic E-state index is 11.6. The molecule has 78 valence electrons. The van der Waals surface area contributed by atoms with Crippen molar-refractivity contribution in [3.63, 3.8) is 0 Å². The average Bonchev–Trinajstić information content (AvgIpc) is 2.15. The predicted octanol–water partition coefficient (Wildman–Crippen LogP) is 1.04. The average molecular weight is 215 g/mol. The summed E-state index contributed by atoms with van der Waals surface area (Å²) in [5, 5.41) is 0. The molecular weight excluding hydrogens is 202 g/mol. The minimum Gasteiger partial charge on any atom is -0.398 e. The van der Waals surface area contributed by atoms with E-state index in [1.807, 2.05) is 0 Å². The van der Waals surface area contributed by atoms with Crippen molar-refractivity contribution in [3.8, 4) is 0 Å². The second-order valence-electron chi connectivity index (χ2n) is 2.76. The van der Waals surface area contributed by atoms with Gasteiger partial charge in [-0.25, -0.2) is 8.42 Å². The van der Waals surface area contributed by atoms with E-state index in [1.165, 1.54) is 6.07 Å². The second-order valence-corrected chi connectivity index (χ2v) is 4.67. The SMILES string of the molecule is CCOCS(=O)(=O)c1ccccc1N. The molecule has 2 N–H and O–H groups in total. The minimum absolute atomic E-state index is 0.133. The Bertz CT molecular complexity index is 400. The lowest BCUT2D eigenvalue weighted by atomic mass is 10.3. The highest BCUT2D eigenvalue weighted by Gasteiger charge is 2.16. The Kier molecular flexibility index (Phi) is 3.49. The van der Waals surface area contributed by atoms with Gasteiger partial charge in [0.2, 0.25) is 9.84 Å². The van der Waals surface area contributed by atoms with Gasteiger partial charge in [0.25, 0.3) is 0 Å². The van der Waals surface area contributed by atoms with Crippen molar-refractivity contribution in [1.82, 2.24) is 0 Å². The van der Waals surface area contributed by atoms with Gasteiger partial charge in [-0.05, 0) is 19.1 Å². The summed E-state index contributed by atoms with van der Waals surface area (Å²) in [5.74, 6) is -0.322. The first-order valence-electron chi connectivity index (χ1n) is 4.23. The molecule has 0 aliphatic carbocycles. The zero-order chi connectivity index (χ0) is 10.6. The largest absolute Gasteiger partial charge is 0.398 e. The maximum Gasteiger partial charge on any atom is 0.204 e. The van der Waals surface area contributed by atoms with Gasteiger partial charge in [0.05, 0.1) is 10.6 Å². The topological polar surface area (TPSA) is 69.4 Å². The third kappa shape index (κ3) is 2.46. The van der Waals surface area contributed by atoms with Crippen LogP contribution in [0.2, 0.25) is 0 Å². The second kappa shape index (κ2) is 4.43. The van der Waals surface area contributed by atoms with E-state index in [9.17, 15) is 8.42 Å². The zero-order valence-electron chi connectivity index (χ0n) is 7.93. The molecule has 4 nitrogen and oxygen atoms in total. The maximum atomic E-state index is 11.6. The monoisotopic (exact) mass is 215 g/mol. The van der Waals surface area contributed by atoms with E-state index >= 15 is 0 Å². The lowest BCUT2D eigenvalue weighted by Gasteiger charge is -2.06. The molecule has 1 aromatic rings. The number of nitrogen functional groups attached to an aromatic ring is 1. The first-order chi connectivity index (χ1) is 6.58. The van der Waals surface area contributed by atoms with Crippen molar-refractivity contribution >= 4 is 15.5 Å². The van der Waals surface area contributed by atoms with Crippen LogP contribution in [0.1, 0.15) is 6.92 Å². The fourth-order valence-corrected chi connectivity index (χ4v) is 2.25. The van der Waals surface area contributed by atoms with Crippen molar-refractivity contribution < 1.29 is 13.2 Å². The standard InChI is InChI=1S/C9H13NO3S/c1-2-13-7-14(11,12)9-6-4-3-5-8(9)10/h3-6H,2,7,10H2,1H3. The van der Waals surface area contributed by atoms with E-state index in [-0.39, 0.29) is 16.5 Å². The van der Waals surface area contributed by atoms with Crippen LogP contribution < -0.4 is 5.73 Å². The number of sulfone groups is 1. The van der Waals surface area contributed by atoms with Crippen LogP contribution in [0.5, 0.6) is 0 Å². The van der Waals surface area contributed by atoms with Crippen LogP contribution in [0, 0.1) is 0 Å². The van der Waals surface area contributed by atoms with Crippen LogP contribution in [0.4, 0.5) is 5.69 Å². The number of ether oxygens (including phenoxy) is 1. The highest BCUT2D eigenvalue weighted by molar-refractivity contribution is 7.91. The number of hydrogen-bond acceptors (Lipinski definition) is 4. The van der Waals surface area contributed by atoms with E-state index < -0.39 is 9.84 Å². The van der Waals surface area contributed by atoms with Crippen LogP contribution in [0.15, 0.2) is 29.2 Å². The summed E-state index contributed by atoms with van der Waals surface area (Å²) in [6, 6.07) is 6.35. The highest BCUT2D eigenvalue weighted by atomic mass is 32.2. The highest BCUT2D eigenvalue weighted by Crippen LogP contribution is 2.18. The van der Waals surface area contributed by atoms with Gasteiger partial charge in [-0.1, -0.05) is 12.1 Å². The summed E-state index contributed by atoms with van der Waals surface area (Å²) in [7, 11) is -3.40. The number of nitrogens with two attached hydrogens (primary N) is 1. The Balaban J connectivity index is 2.99. The molecular formula is C9H13NO3S. The number of hydrogen-bond donors (Lipinski definition) is 1. The van der Waals surface area contributed by atoms with E-state index in [2.05, 4.69) is 0 Å². The van der Waals surface area contributed by atoms with Crippen LogP contribution in [0.25, 0.3) is 0 Å². The molecule has 14 heavy (non-hydrogen) atoms. The lowest BCUT2D eigenvalue weighted by molar-refractivity contribution is 0.192. The lowest BCUT2D eigenvalue weighted by Crippen LogP contribution is -2.11. The molecule has 0 bridgehead atoms. The van der Waals surface area contributed by atoms with Gasteiger partial charge < -0.3 is 10.5 Å². The predicted molar refractivity (Wildman–Crippen MR) is 54.5 cm³/mol. The summed E-state index contributed by atoms with van der Waals surface area (Å²) in [5.41, 5.74) is 5.80. The van der Waals surface area contributed by atoms with Crippen molar-refractivity contribution in [3.05, 3.63) is 24.3 Å². The molecule has 0 spiro atoms. The summed E-state index contributed by atoms with van der Waals surface area (Å²) in [6.07, 6.45) is 0. The number of benzene rings is 1. The Labute approximate surface area is 83.6 Å². The minimum atomic E-state index is -3.40. The molecule has 0 heterocycles. The molecule has 0 saturated carbocycles. The van der Waals surface area contributed by atoms with Crippen LogP contribution in [-0.2, 0) is 14.6 Å². The van der Waals surface area contributed by atoms with Crippen LogP contribution >= 0.6 is 0 Å². The van der Waals surface area contributed by atoms with Gasteiger partial charge in [0.15, 0.2) is 5.94 Å². The first-order valence-corrected chi connectivity index (χ1v) is 5.88. The van der Waals surface area contributed by atoms with Gasteiger partial charge >= 0.3 is 0 Å². The van der Waals surface area contributed by atoms with Crippen molar-refractivity contribution in [2.75, 3.05) is 18.3 Å². The van der Waals surface area contributed by atoms with Crippen molar-refractivity contribution in [2.24, 2.45) is 0 Å². The summed E-state index contributed by atoms with van der Waals surface area (Å²) < 4.78 is 28.1. The Morgan fingerprint density at radius 2 is 2.00 bits per heavy atom. The fourth-order valence-electron chi connectivity index (χ4n) is 1.02. The van der Waals surface area contributed by atoms with Crippen LogP contribution in [-0.4, -0.2) is 21.0 Å². The molecule has 0 amide bonds. The normalized spacial score (nSPS) is 11.5. The molecule has 0 aliphatic rings. The third-order valence-corrected chi connectivity index (χ3v) is 3.22. The summed E-state index contributed by atoms with van der Waals surface area (Å²) in [4.78, 5) is 0.133. The number of para-hydroxylation sites is 1. The molecule has 0 aromatic heterocycles. The van der Waals surface area contributed by atoms with Gasteiger partial charge in [-0.15, -0.1) is 0 Å². The van der Waals surface area contributed by atoms with Gasteiger partial charge in [-0.3, -0.25) is 0 Å². The molecule has 0 aliphatic heterocycles. The van der Waals surface area contributed by atoms with E-state index in [4.69, 9.17) is 10.5 Å². The number of rotatable bonds is 4. The summed E-state index contributed by atoms with van der Waals surface area (Å²) in [6.45, 7) is 2.11. The number of anilines is 1. The molecule has 1 aromatic carbocycles. The molecule has 5 heteroatoms. The molecule has 0 unspecified atom stereocenters. The van der Waals surface area contributed by atoms with Gasteiger partial charge in [0, 0.05) is 6.61 Å². The van der Waals surface area contributed by atoms with Crippen molar-refractivity contribution in [1.29, 1.82) is 0 Å². The van der Waals surface area contributed by atoms with Crippen molar-refractivity contribution in [2.45, 2.75) is 11.8 Å². The fraction of sp³-hybridized carbons (Fsp3) is 0.333. The molecule has 1 rings (SSSR count). The van der Waals surface area contributed by atoms with E-state index in [0.29, 0.717) is 6.61 Å². The molecule has 0 radical (unpaired) electrons. The first kappa shape index (κ1) is 11.0. The smallest absolute Gasteiger partial charge is 0.204 e. The quantitative estimate of drug-likeness (QED) is 0.762. The van der Waals surface area contributed by atoms with E-state index in [1.54, 1.807) is 25.1 Å². The Morgan fingerprint density at radius 1 is 1.36 bits per heavy atom. The van der Waals surface area contributed by atoms with Crippen LogP contribution in [0.3, 0.4) is 0 Å². The molecule has 0 fully saturated rings. The molecule has 0 saturated heterocycles. The molecule has 0 atom stereocenters. The third-order valence-electron chi connectivity index (χ3n) is 1.70. The Hall–Kier alpha value is -1.07. The van der Waals surface area contributed by atoms with Gasteiger partial charge in [-0.2, -0.15) is 0 Å². The van der Waals surface area contributed by atoms with E-state index in [0.717, 1.165) is 0 Å². The zero-order valence-corrected chi connectivity index (χ0v) is 8.75.